The van der Waals surface area contributed by atoms with Crippen molar-refractivity contribution in [2.75, 3.05) is 61.2 Å². The summed E-state index contributed by atoms with van der Waals surface area (Å²) in [5.41, 5.74) is 1.12. The van der Waals surface area contributed by atoms with Gasteiger partial charge in [0.1, 0.15) is 45.7 Å². The van der Waals surface area contributed by atoms with Crippen LogP contribution in [-0.2, 0) is 62.0 Å². The third kappa shape index (κ3) is 17.9. The van der Waals surface area contributed by atoms with E-state index in [0.29, 0.717) is 79.4 Å². The molecule has 104 heavy (non-hydrogen) atoms. The molecule has 6 atom stereocenters. The van der Waals surface area contributed by atoms with Crippen LogP contribution in [0, 0.1) is 11.6 Å². The first-order valence-corrected chi connectivity index (χ1v) is 38.2. The summed E-state index contributed by atoms with van der Waals surface area (Å²) in [6, 6.07) is 48.0. The second-order valence-electron chi connectivity index (χ2n) is 28.8. The zero-order valence-corrected chi connectivity index (χ0v) is 61.9. The van der Waals surface area contributed by atoms with Crippen molar-refractivity contribution in [3.8, 4) is 17.2 Å². The molecule has 7 aliphatic carbocycles. The van der Waals surface area contributed by atoms with Crippen molar-refractivity contribution in [3.05, 3.63) is 197 Å². The summed E-state index contributed by atoms with van der Waals surface area (Å²) in [5.74, 6) is 1.05. The van der Waals surface area contributed by atoms with Crippen LogP contribution in [0.15, 0.2) is 152 Å². The van der Waals surface area contributed by atoms with E-state index in [1.165, 1.54) is 45.5 Å². The Hall–Kier alpha value is -7.71. The predicted octanol–water partition coefficient (Wildman–Crippen LogP) is 15.2. The molecule has 1 saturated heterocycles. The molecule has 6 N–H and O–H groups in total. The van der Waals surface area contributed by atoms with Gasteiger partial charge in [0, 0.05) is 80.9 Å². The summed E-state index contributed by atoms with van der Waals surface area (Å²) in [6.45, 7) is 4.52. The Morgan fingerprint density at radius 2 is 0.798 bits per heavy atom. The number of para-hydroxylation sites is 1. The number of likely N-dealkylation sites (tertiary alicyclic amines) is 1. The van der Waals surface area contributed by atoms with E-state index in [9.17, 15) is 47.0 Å². The molecule has 0 unspecified atom stereocenters. The summed E-state index contributed by atoms with van der Waals surface area (Å²) < 4.78 is 51.2. The minimum absolute atomic E-state index is 0.0587. The molecule has 14 rings (SSSR count). The summed E-state index contributed by atoms with van der Waals surface area (Å²) in [6.07, 6.45) is 24.1. The molecule has 1 heterocycles. The van der Waals surface area contributed by atoms with E-state index in [-0.39, 0.29) is 58.0 Å². The number of phenols is 1. The topological polar surface area (TPSA) is 204 Å². The lowest BCUT2D eigenvalue weighted by molar-refractivity contribution is -0.139. The fourth-order valence-electron chi connectivity index (χ4n) is 16.9. The summed E-state index contributed by atoms with van der Waals surface area (Å²) in [7, 11) is 6.36. The molecule has 6 aromatic rings. The lowest BCUT2D eigenvalue weighted by Gasteiger charge is -2.50. The molecular formula is C86H111F3N6O9. The van der Waals surface area contributed by atoms with Gasteiger partial charge in [-0.25, -0.2) is 13.2 Å². The zero-order valence-electron chi connectivity index (χ0n) is 61.9. The molecule has 18 heteroatoms. The number of halogens is 3. The largest absolute Gasteiger partial charge is 0.508 e. The Morgan fingerprint density at radius 3 is 1.19 bits per heavy atom. The highest BCUT2D eigenvalue weighted by molar-refractivity contribution is 5.94. The predicted molar refractivity (Wildman–Crippen MR) is 402 cm³/mol. The number of carbonyl (C=O) groups excluding carboxylic acids is 6. The van der Waals surface area contributed by atoms with E-state index >= 15 is 0 Å². The molecule has 7 saturated carbocycles. The molecule has 0 amide bonds. The van der Waals surface area contributed by atoms with Crippen molar-refractivity contribution in [3.63, 3.8) is 0 Å². The van der Waals surface area contributed by atoms with Crippen LogP contribution < -0.4 is 36.1 Å². The Bertz CT molecular complexity index is 3800. The first-order chi connectivity index (χ1) is 50.5. The van der Waals surface area contributed by atoms with Crippen LogP contribution in [0.3, 0.4) is 0 Å². The number of methoxy groups -OCH3 is 2. The number of alkyl halides is 1. The SMILES string of the molecule is CCN[C@@]1(c2cccc(OC)c2F)CCCCC1=O.CN[C@@]1(c2cccc(OC)c2F)CCCCC1=O.CN[C@@]1(c2ccccc2O)CCCCC1=O.O=C1CCCC[C@@]1(NC1CC1)c1ccccc1.O=C1CCCC[C@@]1(NCCF)c1ccccc1.O=C1CCCC[C@]1(c1ccccc1)N1CCC1. The van der Waals surface area contributed by atoms with Gasteiger partial charge >= 0.3 is 0 Å². The van der Waals surface area contributed by atoms with E-state index < -0.39 is 40.5 Å². The monoisotopic (exact) mass is 1430 g/mol. The number of Topliss-reactive ketones (excluding diaryl/α,β-unsaturated/α-hetero) is 6. The average Bonchev–Trinajstić information content (AvgIpc) is 1.12. The zero-order chi connectivity index (χ0) is 74.2. The average molecular weight is 1430 g/mol. The number of ketones is 6. The minimum atomic E-state index is -0.892. The fraction of sp³-hybridized carbons (Fsp3) is 0.512. The second kappa shape index (κ2) is 38.0. The molecule has 560 valence electrons. The number of nitrogens with one attached hydrogen (secondary N) is 5. The summed E-state index contributed by atoms with van der Waals surface area (Å²) in [4.78, 5) is 76.3. The van der Waals surface area contributed by atoms with Crippen molar-refractivity contribution in [1.82, 2.24) is 31.5 Å². The summed E-state index contributed by atoms with van der Waals surface area (Å²) in [5, 5.41) is 26.0. The Balaban J connectivity index is 0.000000145. The smallest absolute Gasteiger partial charge is 0.170 e. The van der Waals surface area contributed by atoms with Crippen molar-refractivity contribution in [2.45, 2.75) is 220 Å². The number of hydrogen-bond acceptors (Lipinski definition) is 15. The van der Waals surface area contributed by atoms with Gasteiger partial charge in [0.05, 0.1) is 14.2 Å². The van der Waals surface area contributed by atoms with Crippen LogP contribution in [0.2, 0.25) is 0 Å². The van der Waals surface area contributed by atoms with Gasteiger partial charge in [-0.05, 0) is 152 Å². The molecule has 0 aromatic heterocycles. The van der Waals surface area contributed by atoms with Gasteiger partial charge in [-0.15, -0.1) is 0 Å². The Labute approximate surface area is 614 Å². The van der Waals surface area contributed by atoms with E-state index in [0.717, 1.165) is 133 Å². The number of phenolic OH excluding ortho intramolecular Hbond substituents is 1. The molecule has 0 bridgehead atoms. The molecule has 0 radical (unpaired) electrons. The lowest BCUT2D eigenvalue weighted by Crippen LogP contribution is -2.58. The van der Waals surface area contributed by atoms with Gasteiger partial charge in [-0.3, -0.25) is 44.3 Å². The van der Waals surface area contributed by atoms with Crippen LogP contribution in [0.5, 0.6) is 17.2 Å². The van der Waals surface area contributed by atoms with Gasteiger partial charge in [0.15, 0.2) is 57.8 Å². The summed E-state index contributed by atoms with van der Waals surface area (Å²) >= 11 is 0. The van der Waals surface area contributed by atoms with Crippen molar-refractivity contribution in [2.24, 2.45) is 0 Å². The third-order valence-electron chi connectivity index (χ3n) is 22.8. The third-order valence-corrected chi connectivity index (χ3v) is 22.8. The van der Waals surface area contributed by atoms with Crippen molar-refractivity contribution >= 4 is 34.7 Å². The number of likely N-dealkylation sites (N-methyl/N-ethyl adjacent to an activating group) is 3. The maximum Gasteiger partial charge on any atom is 0.170 e. The number of rotatable bonds is 18. The highest BCUT2D eigenvalue weighted by Gasteiger charge is 2.50. The maximum absolute atomic E-state index is 14.5. The minimum Gasteiger partial charge on any atom is -0.508 e. The molecule has 8 fully saturated rings. The van der Waals surface area contributed by atoms with E-state index in [1.807, 2.05) is 73.7 Å². The number of carbonyl (C=O) groups is 6. The quantitative estimate of drug-likeness (QED) is 0.0474. The van der Waals surface area contributed by atoms with Crippen LogP contribution in [-0.4, -0.2) is 112 Å². The number of ether oxygens (including phenoxy) is 2. The molecular weight excluding hydrogens is 1320 g/mol. The first-order valence-electron chi connectivity index (χ1n) is 38.2. The Kier molecular flexibility index (Phi) is 29.4. The van der Waals surface area contributed by atoms with Gasteiger partial charge < -0.3 is 30.5 Å². The van der Waals surface area contributed by atoms with E-state index in [2.05, 4.69) is 67.9 Å². The van der Waals surface area contributed by atoms with Gasteiger partial charge in [-0.1, -0.05) is 179 Å². The van der Waals surface area contributed by atoms with Crippen molar-refractivity contribution in [1.29, 1.82) is 0 Å². The maximum atomic E-state index is 14.5. The molecule has 15 nitrogen and oxygen atoms in total. The van der Waals surface area contributed by atoms with Crippen LogP contribution in [0.1, 0.15) is 214 Å². The van der Waals surface area contributed by atoms with Crippen LogP contribution >= 0.6 is 0 Å². The lowest BCUT2D eigenvalue weighted by atomic mass is 9.73. The number of benzene rings is 6. The van der Waals surface area contributed by atoms with Gasteiger partial charge in [0.2, 0.25) is 0 Å². The number of hydrogen-bond donors (Lipinski definition) is 6. The van der Waals surface area contributed by atoms with E-state index in [1.54, 1.807) is 62.6 Å². The molecule has 8 aliphatic rings. The first kappa shape index (κ1) is 80.4. The fourth-order valence-corrected chi connectivity index (χ4v) is 16.9. The van der Waals surface area contributed by atoms with Gasteiger partial charge in [-0.2, -0.15) is 0 Å². The van der Waals surface area contributed by atoms with Crippen LogP contribution in [0.4, 0.5) is 13.2 Å². The standard InChI is InChI=1S/C15H20FNO2.2C15H19NO.C14H18FNO2.C14H18FNO.C13H17NO2/c1-3-17-15(10-5-4-9-13(15)18)11-7-6-8-12(19-2)14(11)16;17-14-9-4-5-10-15(14,16-11-6-12-16)13-7-2-1-3-8-13;17-14-8-4-5-11-15(14,16-13-9-10-13)12-6-2-1-3-7-12;1-16-14(9-4-3-8-12(14)17)10-6-5-7-11(18-2)13(10)15;15-10-11-16-14(9-5-4-8-13(14)17)12-6-2-1-3-7-12;1-14-13(9-5-4-8-12(13)16)10-6-2-3-7-11(10)15/h6-8,17H,3-5,9-10H2,1-2H3;1-3,7-8H,4-6,9-12H2;1-3,6-7,13,16H,4-5,8-11H2;5-7,16H,3-4,8-9H2,1-2H3;1-3,6-7,16H,4-5,8-11H2;2-3,6-7,14-15H,4-5,8-9H2,1H3/t3*15-;2*14-;13-/m111111/s1. The number of nitrogens with zero attached hydrogens (tertiary/aromatic N) is 1. The highest BCUT2D eigenvalue weighted by atomic mass is 19.1. The van der Waals surface area contributed by atoms with E-state index in [4.69, 9.17) is 9.47 Å². The normalized spacial score (nSPS) is 26.2. The van der Waals surface area contributed by atoms with Gasteiger partial charge in [0.25, 0.3) is 0 Å². The second-order valence-corrected chi connectivity index (χ2v) is 28.8. The van der Waals surface area contributed by atoms with Crippen molar-refractivity contribution < 1.29 is 56.5 Å². The molecule has 1 aliphatic heterocycles. The molecule has 6 aromatic carbocycles. The Morgan fingerprint density at radius 1 is 0.423 bits per heavy atom. The molecule has 0 spiro atoms. The highest BCUT2D eigenvalue weighted by Crippen LogP contribution is 2.45. The van der Waals surface area contributed by atoms with Crippen LogP contribution in [0.25, 0.3) is 0 Å². The number of aromatic hydroxyl groups is 1.